The molecule has 3 aliphatic rings. The minimum atomic E-state index is -0.523. The van der Waals surface area contributed by atoms with Crippen LogP contribution in [0.5, 0.6) is 11.5 Å². The molecule has 0 bridgehead atoms. The van der Waals surface area contributed by atoms with Crippen molar-refractivity contribution < 1.29 is 19.1 Å². The first-order valence-electron chi connectivity index (χ1n) is 12.2. The number of hydrogen-bond donors (Lipinski definition) is 1. The van der Waals surface area contributed by atoms with Gasteiger partial charge in [-0.15, -0.1) is 0 Å². The average Bonchev–Trinajstić information content (AvgIpc) is 3.34. The number of amides is 2. The highest BCUT2D eigenvalue weighted by atomic mass is 16.5. The van der Waals surface area contributed by atoms with Crippen LogP contribution >= 0.6 is 0 Å². The molecule has 0 aromatic heterocycles. The SMILES string of the molecule is CCN1CCCC1CNC(=O)C1c2cc(OC)c(OC)cc2C(=O)N2CCc3ccccc3C12. The molecule has 3 aliphatic heterocycles. The molecular weight excluding hydrogens is 430 g/mol. The van der Waals surface area contributed by atoms with Gasteiger partial charge in [-0.1, -0.05) is 31.2 Å². The molecule has 180 valence electrons. The number of benzene rings is 2. The fraction of sp³-hybridized carbons (Fsp3) is 0.481. The molecule has 2 aromatic carbocycles. The summed E-state index contributed by atoms with van der Waals surface area (Å²) in [6.07, 6.45) is 3.04. The summed E-state index contributed by atoms with van der Waals surface area (Å²) in [4.78, 5) is 31.8. The molecule has 1 N–H and O–H groups in total. The van der Waals surface area contributed by atoms with Crippen LogP contribution in [0, 0.1) is 0 Å². The number of likely N-dealkylation sites (tertiary alicyclic amines) is 1. The molecule has 3 atom stereocenters. The van der Waals surface area contributed by atoms with Gasteiger partial charge in [0.05, 0.1) is 26.2 Å². The zero-order valence-electron chi connectivity index (χ0n) is 20.2. The number of methoxy groups -OCH3 is 2. The van der Waals surface area contributed by atoms with Crippen LogP contribution in [0.3, 0.4) is 0 Å². The van der Waals surface area contributed by atoms with Crippen molar-refractivity contribution in [1.29, 1.82) is 0 Å². The maximum absolute atomic E-state index is 13.9. The number of likely N-dealkylation sites (N-methyl/N-ethyl adjacent to an activating group) is 1. The third-order valence-corrected chi connectivity index (χ3v) is 7.73. The highest BCUT2D eigenvalue weighted by Crippen LogP contribution is 2.48. The van der Waals surface area contributed by atoms with Gasteiger partial charge in [0.25, 0.3) is 5.91 Å². The first-order valence-corrected chi connectivity index (χ1v) is 12.2. The molecule has 3 heterocycles. The number of rotatable bonds is 6. The lowest BCUT2D eigenvalue weighted by Gasteiger charge is -2.45. The van der Waals surface area contributed by atoms with Gasteiger partial charge in [0.15, 0.2) is 11.5 Å². The lowest BCUT2D eigenvalue weighted by atomic mass is 9.75. The topological polar surface area (TPSA) is 71.1 Å². The van der Waals surface area contributed by atoms with E-state index in [0.29, 0.717) is 41.8 Å². The minimum absolute atomic E-state index is 0.0457. The summed E-state index contributed by atoms with van der Waals surface area (Å²) in [5.74, 6) is 0.389. The Morgan fingerprint density at radius 2 is 1.85 bits per heavy atom. The predicted octanol–water partition coefficient (Wildman–Crippen LogP) is 3.14. The summed E-state index contributed by atoms with van der Waals surface area (Å²) in [6.45, 7) is 5.44. The summed E-state index contributed by atoms with van der Waals surface area (Å²) in [6, 6.07) is 11.7. The van der Waals surface area contributed by atoms with E-state index in [1.54, 1.807) is 20.3 Å². The molecule has 0 spiro atoms. The minimum Gasteiger partial charge on any atom is -0.493 e. The van der Waals surface area contributed by atoms with Crippen molar-refractivity contribution in [2.45, 2.75) is 44.2 Å². The van der Waals surface area contributed by atoms with E-state index < -0.39 is 5.92 Å². The Kier molecular flexibility index (Phi) is 6.21. The van der Waals surface area contributed by atoms with Gasteiger partial charge in [0, 0.05) is 24.7 Å². The highest BCUT2D eigenvalue weighted by Gasteiger charge is 2.47. The van der Waals surface area contributed by atoms with Crippen LogP contribution in [0.15, 0.2) is 36.4 Å². The third-order valence-electron chi connectivity index (χ3n) is 7.73. The molecule has 5 rings (SSSR count). The van der Waals surface area contributed by atoms with Crippen LogP contribution in [0.2, 0.25) is 0 Å². The van der Waals surface area contributed by atoms with Crippen molar-refractivity contribution >= 4 is 11.8 Å². The molecule has 7 nitrogen and oxygen atoms in total. The van der Waals surface area contributed by atoms with Crippen LogP contribution in [0.1, 0.15) is 58.8 Å². The van der Waals surface area contributed by atoms with Crippen molar-refractivity contribution in [2.24, 2.45) is 0 Å². The van der Waals surface area contributed by atoms with Gasteiger partial charge >= 0.3 is 0 Å². The molecule has 3 unspecified atom stereocenters. The van der Waals surface area contributed by atoms with Crippen molar-refractivity contribution in [2.75, 3.05) is 40.4 Å². The molecule has 2 amide bonds. The number of ether oxygens (including phenoxy) is 2. The van der Waals surface area contributed by atoms with Crippen LogP contribution in [-0.2, 0) is 11.2 Å². The smallest absolute Gasteiger partial charge is 0.254 e. The van der Waals surface area contributed by atoms with E-state index in [2.05, 4.69) is 29.3 Å². The predicted molar refractivity (Wildman–Crippen MR) is 129 cm³/mol. The van der Waals surface area contributed by atoms with Gasteiger partial charge in [-0.25, -0.2) is 0 Å². The maximum Gasteiger partial charge on any atom is 0.254 e. The Morgan fingerprint density at radius 1 is 1.09 bits per heavy atom. The monoisotopic (exact) mass is 463 g/mol. The Labute approximate surface area is 201 Å². The van der Waals surface area contributed by atoms with Gasteiger partial charge in [-0.3, -0.25) is 14.5 Å². The fourth-order valence-electron chi connectivity index (χ4n) is 6.00. The van der Waals surface area contributed by atoms with E-state index in [0.717, 1.165) is 37.9 Å². The van der Waals surface area contributed by atoms with E-state index >= 15 is 0 Å². The normalized spacial score (nSPS) is 23.7. The zero-order valence-corrected chi connectivity index (χ0v) is 20.2. The van der Waals surface area contributed by atoms with Crippen LogP contribution < -0.4 is 14.8 Å². The lowest BCUT2D eigenvalue weighted by Crippen LogP contribution is -2.51. The second kappa shape index (κ2) is 9.29. The summed E-state index contributed by atoms with van der Waals surface area (Å²) >= 11 is 0. The largest absolute Gasteiger partial charge is 0.493 e. The lowest BCUT2D eigenvalue weighted by molar-refractivity contribution is -0.124. The van der Waals surface area contributed by atoms with Gasteiger partial charge in [0.1, 0.15) is 0 Å². The molecule has 0 aliphatic carbocycles. The number of nitrogens with zero attached hydrogens (tertiary/aromatic N) is 2. The Morgan fingerprint density at radius 3 is 2.62 bits per heavy atom. The number of fused-ring (bicyclic) bond motifs is 4. The Bertz CT molecular complexity index is 1100. The van der Waals surface area contributed by atoms with Gasteiger partial charge in [-0.05, 0) is 61.2 Å². The standard InChI is InChI=1S/C27H33N3O4/c1-4-29-12-7-9-18(29)16-28-26(31)24-20-14-22(33-2)23(34-3)15-21(20)27(32)30-13-11-17-8-5-6-10-19(17)25(24)30/h5-6,8,10,14-15,18,24-25H,4,7,9,11-13,16H2,1-3H3,(H,28,31). The Balaban J connectivity index is 1.57. The third kappa shape index (κ3) is 3.72. The van der Waals surface area contributed by atoms with E-state index in [4.69, 9.17) is 9.47 Å². The quantitative estimate of drug-likeness (QED) is 0.713. The number of nitrogens with one attached hydrogen (secondary N) is 1. The fourth-order valence-corrected chi connectivity index (χ4v) is 6.00. The second-order valence-electron chi connectivity index (χ2n) is 9.33. The van der Waals surface area contributed by atoms with Crippen molar-refractivity contribution in [3.63, 3.8) is 0 Å². The van der Waals surface area contributed by atoms with E-state index in [-0.39, 0.29) is 17.9 Å². The van der Waals surface area contributed by atoms with Crippen LogP contribution in [-0.4, -0.2) is 68.1 Å². The van der Waals surface area contributed by atoms with Gasteiger partial charge in [-0.2, -0.15) is 0 Å². The molecule has 0 radical (unpaired) electrons. The Hall–Kier alpha value is -3.06. The molecule has 7 heteroatoms. The number of carbonyl (C=O) groups is 2. The van der Waals surface area contributed by atoms with Crippen molar-refractivity contribution in [1.82, 2.24) is 15.1 Å². The number of carbonyl (C=O) groups excluding carboxylic acids is 2. The molecule has 34 heavy (non-hydrogen) atoms. The molecular formula is C27H33N3O4. The van der Waals surface area contributed by atoms with E-state index in [1.807, 2.05) is 23.1 Å². The summed E-state index contributed by atoms with van der Waals surface area (Å²) < 4.78 is 11.0. The van der Waals surface area contributed by atoms with Crippen molar-refractivity contribution in [3.8, 4) is 11.5 Å². The second-order valence-corrected chi connectivity index (χ2v) is 9.33. The number of hydrogen-bond acceptors (Lipinski definition) is 5. The van der Waals surface area contributed by atoms with E-state index in [1.165, 1.54) is 5.56 Å². The molecule has 1 saturated heterocycles. The van der Waals surface area contributed by atoms with Crippen LogP contribution in [0.25, 0.3) is 0 Å². The van der Waals surface area contributed by atoms with Gasteiger partial charge < -0.3 is 19.7 Å². The zero-order chi connectivity index (χ0) is 23.8. The summed E-state index contributed by atoms with van der Waals surface area (Å²) in [7, 11) is 3.13. The molecule has 1 fully saturated rings. The molecule has 2 aromatic rings. The maximum atomic E-state index is 13.9. The van der Waals surface area contributed by atoms with Gasteiger partial charge in [0.2, 0.25) is 5.91 Å². The first-order chi connectivity index (χ1) is 16.6. The summed E-state index contributed by atoms with van der Waals surface area (Å²) in [5.41, 5.74) is 3.48. The average molecular weight is 464 g/mol. The van der Waals surface area contributed by atoms with Crippen LogP contribution in [0.4, 0.5) is 0 Å². The first kappa shape index (κ1) is 22.7. The molecule has 0 saturated carbocycles. The summed E-state index contributed by atoms with van der Waals surface area (Å²) in [5, 5.41) is 3.25. The highest BCUT2D eigenvalue weighted by molar-refractivity contribution is 6.02. The van der Waals surface area contributed by atoms with E-state index in [9.17, 15) is 9.59 Å². The van der Waals surface area contributed by atoms with Crippen molar-refractivity contribution in [3.05, 3.63) is 58.7 Å².